The number of benzene rings is 1. The fraction of sp³-hybridized carbons (Fsp3) is 0.400. The third kappa shape index (κ3) is 5.53. The lowest BCUT2D eigenvalue weighted by molar-refractivity contribution is -0.116. The summed E-state index contributed by atoms with van der Waals surface area (Å²) in [6.07, 6.45) is 0. The predicted octanol–water partition coefficient (Wildman–Crippen LogP) is 1.62. The molecule has 2 N–H and O–H groups in total. The molecule has 0 saturated carbocycles. The molecular weight excluding hydrogens is 268 g/mol. The summed E-state index contributed by atoms with van der Waals surface area (Å²) in [6.45, 7) is 5.86. The summed E-state index contributed by atoms with van der Waals surface area (Å²) in [4.78, 5) is 24.7. The van der Waals surface area contributed by atoms with Crippen LogP contribution in [0.1, 0.15) is 26.3 Å². The van der Waals surface area contributed by atoms with Crippen LogP contribution >= 0.6 is 0 Å². The van der Waals surface area contributed by atoms with Crippen molar-refractivity contribution >= 4 is 17.6 Å². The van der Waals surface area contributed by atoms with Gasteiger partial charge in [0.1, 0.15) is 0 Å². The molecule has 0 radical (unpaired) electrons. The number of anilines is 1. The molecule has 0 unspecified atom stereocenters. The highest BCUT2D eigenvalue weighted by molar-refractivity contribution is 5.91. The highest BCUT2D eigenvalue weighted by Crippen LogP contribution is 2.15. The van der Waals surface area contributed by atoms with Crippen LogP contribution in [0.3, 0.4) is 0 Å². The molecule has 6 nitrogen and oxygen atoms in total. The molecule has 1 rings (SSSR count). The summed E-state index contributed by atoms with van der Waals surface area (Å²) >= 11 is 0. The van der Waals surface area contributed by atoms with Crippen LogP contribution in [0.2, 0.25) is 0 Å². The Kier molecular flexibility index (Phi) is 6.21. The van der Waals surface area contributed by atoms with E-state index in [2.05, 4.69) is 10.6 Å². The number of hydrogen-bond donors (Lipinski definition) is 2. The Hall–Kier alpha value is -2.55. The first-order valence-electron chi connectivity index (χ1n) is 6.76. The predicted molar refractivity (Wildman–Crippen MR) is 80.9 cm³/mol. The number of carbonyl (C=O) groups is 2. The highest BCUT2D eigenvalue weighted by Gasteiger charge is 2.12. The zero-order chi connectivity index (χ0) is 15.8. The highest BCUT2D eigenvalue weighted by atomic mass is 16.2. The van der Waals surface area contributed by atoms with Crippen LogP contribution < -0.4 is 15.5 Å². The average Bonchev–Trinajstić information content (AvgIpc) is 2.42. The van der Waals surface area contributed by atoms with Gasteiger partial charge < -0.3 is 15.5 Å². The standard InChI is InChI=1S/C15H20N4O2/c1-11(2)18-15(21)17-7-8-19(12(3)20)14-6-4-5-13(9-14)10-16/h4-6,9,11H,7-8H2,1-3H3,(H2,17,18,21). The van der Waals surface area contributed by atoms with Gasteiger partial charge in [-0.25, -0.2) is 4.79 Å². The largest absolute Gasteiger partial charge is 0.336 e. The second-order valence-corrected chi connectivity index (χ2v) is 4.89. The maximum absolute atomic E-state index is 11.7. The second kappa shape index (κ2) is 7.90. The van der Waals surface area contributed by atoms with Crippen molar-refractivity contribution < 1.29 is 9.59 Å². The van der Waals surface area contributed by atoms with Gasteiger partial charge in [-0.05, 0) is 32.0 Å². The van der Waals surface area contributed by atoms with Gasteiger partial charge in [-0.2, -0.15) is 5.26 Å². The van der Waals surface area contributed by atoms with Gasteiger partial charge in [-0.15, -0.1) is 0 Å². The van der Waals surface area contributed by atoms with Crippen molar-refractivity contribution in [3.8, 4) is 6.07 Å². The van der Waals surface area contributed by atoms with E-state index in [1.54, 1.807) is 24.3 Å². The van der Waals surface area contributed by atoms with Crippen LogP contribution in [-0.4, -0.2) is 31.1 Å². The van der Waals surface area contributed by atoms with E-state index < -0.39 is 0 Å². The maximum Gasteiger partial charge on any atom is 0.315 e. The monoisotopic (exact) mass is 288 g/mol. The van der Waals surface area contributed by atoms with Gasteiger partial charge in [-0.3, -0.25) is 4.79 Å². The molecule has 0 bridgehead atoms. The number of amides is 3. The van der Waals surface area contributed by atoms with Crippen molar-refractivity contribution in [2.24, 2.45) is 0 Å². The minimum absolute atomic E-state index is 0.0567. The van der Waals surface area contributed by atoms with E-state index in [-0.39, 0.29) is 18.0 Å². The normalized spacial score (nSPS) is 9.86. The Morgan fingerprint density at radius 3 is 2.67 bits per heavy atom. The molecule has 21 heavy (non-hydrogen) atoms. The van der Waals surface area contributed by atoms with Gasteiger partial charge in [0.25, 0.3) is 0 Å². The smallest absolute Gasteiger partial charge is 0.315 e. The molecular formula is C15H20N4O2. The number of nitrogens with one attached hydrogen (secondary N) is 2. The van der Waals surface area contributed by atoms with Crippen molar-refractivity contribution in [2.75, 3.05) is 18.0 Å². The maximum atomic E-state index is 11.7. The Morgan fingerprint density at radius 1 is 1.38 bits per heavy atom. The third-order valence-electron chi connectivity index (χ3n) is 2.71. The molecule has 0 atom stereocenters. The molecule has 0 heterocycles. The zero-order valence-electron chi connectivity index (χ0n) is 12.5. The Morgan fingerprint density at radius 2 is 2.10 bits per heavy atom. The van der Waals surface area contributed by atoms with E-state index in [9.17, 15) is 9.59 Å². The van der Waals surface area contributed by atoms with Gasteiger partial charge in [0.15, 0.2) is 0 Å². The van der Waals surface area contributed by atoms with Crippen molar-refractivity contribution in [1.29, 1.82) is 5.26 Å². The fourth-order valence-electron chi connectivity index (χ4n) is 1.81. The van der Waals surface area contributed by atoms with Crippen LogP contribution in [0.15, 0.2) is 24.3 Å². The Balaban J connectivity index is 2.65. The summed E-state index contributed by atoms with van der Waals surface area (Å²) < 4.78 is 0. The quantitative estimate of drug-likeness (QED) is 0.863. The molecule has 0 aliphatic carbocycles. The SMILES string of the molecule is CC(=O)N(CCNC(=O)NC(C)C)c1cccc(C#N)c1. The molecule has 0 aliphatic heterocycles. The second-order valence-electron chi connectivity index (χ2n) is 4.89. The molecule has 0 spiro atoms. The number of urea groups is 1. The van der Waals surface area contributed by atoms with Gasteiger partial charge in [-0.1, -0.05) is 6.07 Å². The molecule has 112 valence electrons. The lowest BCUT2D eigenvalue weighted by atomic mass is 10.2. The van der Waals surface area contributed by atoms with Crippen LogP contribution in [0.4, 0.5) is 10.5 Å². The van der Waals surface area contributed by atoms with Crippen LogP contribution in [0.25, 0.3) is 0 Å². The van der Waals surface area contributed by atoms with E-state index >= 15 is 0 Å². The minimum Gasteiger partial charge on any atom is -0.336 e. The van der Waals surface area contributed by atoms with Crippen molar-refractivity contribution in [3.05, 3.63) is 29.8 Å². The number of nitrogens with zero attached hydrogens (tertiary/aromatic N) is 2. The lowest BCUT2D eigenvalue weighted by Gasteiger charge is -2.21. The van der Waals surface area contributed by atoms with E-state index in [1.807, 2.05) is 19.9 Å². The van der Waals surface area contributed by atoms with Crippen molar-refractivity contribution in [2.45, 2.75) is 26.8 Å². The molecule has 1 aromatic carbocycles. The first kappa shape index (κ1) is 16.5. The first-order valence-corrected chi connectivity index (χ1v) is 6.76. The van der Waals surface area contributed by atoms with E-state index in [1.165, 1.54) is 11.8 Å². The summed E-state index contributed by atoms with van der Waals surface area (Å²) in [5.41, 5.74) is 1.14. The van der Waals surface area contributed by atoms with Gasteiger partial charge in [0.2, 0.25) is 5.91 Å². The third-order valence-corrected chi connectivity index (χ3v) is 2.71. The van der Waals surface area contributed by atoms with E-state index in [4.69, 9.17) is 5.26 Å². The summed E-state index contributed by atoms with van der Waals surface area (Å²) in [6, 6.07) is 8.64. The molecule has 0 aliphatic rings. The lowest BCUT2D eigenvalue weighted by Crippen LogP contribution is -2.43. The Labute approximate surface area is 124 Å². The molecule has 0 aromatic heterocycles. The van der Waals surface area contributed by atoms with Crippen LogP contribution in [0.5, 0.6) is 0 Å². The van der Waals surface area contributed by atoms with Gasteiger partial charge in [0.05, 0.1) is 11.6 Å². The zero-order valence-corrected chi connectivity index (χ0v) is 12.5. The average molecular weight is 288 g/mol. The number of rotatable bonds is 5. The van der Waals surface area contributed by atoms with Gasteiger partial charge >= 0.3 is 6.03 Å². The first-order chi connectivity index (χ1) is 9.93. The topological polar surface area (TPSA) is 85.2 Å². The molecule has 1 aromatic rings. The van der Waals surface area contributed by atoms with Crippen LogP contribution in [-0.2, 0) is 4.79 Å². The van der Waals surface area contributed by atoms with Crippen molar-refractivity contribution in [3.63, 3.8) is 0 Å². The molecule has 0 saturated heterocycles. The van der Waals surface area contributed by atoms with E-state index in [0.717, 1.165) is 0 Å². The van der Waals surface area contributed by atoms with Crippen molar-refractivity contribution in [1.82, 2.24) is 10.6 Å². The number of carbonyl (C=O) groups excluding carboxylic acids is 2. The molecule has 6 heteroatoms. The number of nitriles is 1. The Bertz CT molecular complexity index is 549. The van der Waals surface area contributed by atoms with Gasteiger partial charge in [0, 0.05) is 31.7 Å². The summed E-state index contributed by atoms with van der Waals surface area (Å²) in [5, 5.41) is 14.3. The molecule has 3 amide bonds. The van der Waals surface area contributed by atoms with E-state index in [0.29, 0.717) is 24.3 Å². The summed E-state index contributed by atoms with van der Waals surface area (Å²) in [5.74, 6) is -0.142. The van der Waals surface area contributed by atoms with Crippen LogP contribution in [0, 0.1) is 11.3 Å². The number of hydrogen-bond acceptors (Lipinski definition) is 3. The fourth-order valence-corrected chi connectivity index (χ4v) is 1.81. The molecule has 0 fully saturated rings. The summed E-state index contributed by atoms with van der Waals surface area (Å²) in [7, 11) is 0. The minimum atomic E-state index is -0.265.